The third-order valence-corrected chi connectivity index (χ3v) is 2.19. The fourth-order valence-electron chi connectivity index (χ4n) is 0.896. The molecule has 0 amide bonds. The molecule has 1 heterocycles. The van der Waals surface area contributed by atoms with Gasteiger partial charge in [-0.15, -0.1) is 0 Å². The first-order valence-electron chi connectivity index (χ1n) is 3.29. The summed E-state index contributed by atoms with van der Waals surface area (Å²) in [6.07, 6.45) is -1.95. The number of aliphatic hydroxyl groups excluding tert-OH is 1. The van der Waals surface area contributed by atoms with Crippen molar-refractivity contribution in [1.82, 2.24) is 4.98 Å². The number of alkyl halides is 2. The van der Waals surface area contributed by atoms with Crippen molar-refractivity contribution in [1.29, 1.82) is 0 Å². The molecule has 6 heteroatoms. The smallest absolute Gasteiger partial charge is 0.268 e. The van der Waals surface area contributed by atoms with Crippen molar-refractivity contribution in [3.8, 4) is 0 Å². The van der Waals surface area contributed by atoms with Gasteiger partial charge in [-0.1, -0.05) is 0 Å². The van der Waals surface area contributed by atoms with Gasteiger partial charge in [0.15, 0.2) is 0 Å². The Kier molecular flexibility index (Phi) is 3.27. The van der Waals surface area contributed by atoms with Gasteiger partial charge in [-0.05, 0) is 15.9 Å². The van der Waals surface area contributed by atoms with E-state index in [4.69, 9.17) is 5.11 Å². The van der Waals surface area contributed by atoms with E-state index in [0.29, 0.717) is 0 Å². The Morgan fingerprint density at radius 3 is 2.54 bits per heavy atom. The maximum absolute atomic E-state index is 12.7. The monoisotopic (exact) mass is 255 g/mol. The SMILES string of the molecule is OCc1c(Br)cnc(F)c1C(F)F. The van der Waals surface area contributed by atoms with Crippen molar-refractivity contribution in [3.05, 3.63) is 27.7 Å². The minimum atomic E-state index is -2.98. The van der Waals surface area contributed by atoms with E-state index >= 15 is 0 Å². The van der Waals surface area contributed by atoms with Crippen LogP contribution in [0.5, 0.6) is 0 Å². The zero-order chi connectivity index (χ0) is 10.0. The number of rotatable bonds is 2. The van der Waals surface area contributed by atoms with Gasteiger partial charge in [-0.3, -0.25) is 0 Å². The highest BCUT2D eigenvalue weighted by atomic mass is 79.9. The second kappa shape index (κ2) is 4.06. The first-order valence-corrected chi connectivity index (χ1v) is 4.09. The summed E-state index contributed by atoms with van der Waals surface area (Å²) in [5.74, 6) is -1.25. The van der Waals surface area contributed by atoms with Crippen LogP contribution in [0.25, 0.3) is 0 Å². The van der Waals surface area contributed by atoms with E-state index in [9.17, 15) is 13.2 Å². The molecule has 0 saturated carbocycles. The first-order chi connectivity index (χ1) is 6.07. The summed E-state index contributed by atoms with van der Waals surface area (Å²) >= 11 is 2.89. The zero-order valence-electron chi connectivity index (χ0n) is 6.27. The van der Waals surface area contributed by atoms with Crippen LogP contribution in [0.4, 0.5) is 13.2 Å². The van der Waals surface area contributed by atoms with Gasteiger partial charge in [0.2, 0.25) is 5.95 Å². The summed E-state index contributed by atoms with van der Waals surface area (Å²) in [7, 11) is 0. The predicted octanol–water partition coefficient (Wildman–Crippen LogP) is 2.41. The molecular formula is C7H5BrF3NO. The molecule has 0 radical (unpaired) electrons. The number of aromatic nitrogens is 1. The van der Waals surface area contributed by atoms with Gasteiger partial charge in [0.25, 0.3) is 6.43 Å². The predicted molar refractivity (Wildman–Crippen MR) is 42.8 cm³/mol. The molecule has 0 aliphatic heterocycles. The van der Waals surface area contributed by atoms with Crippen LogP contribution in [0.2, 0.25) is 0 Å². The standard InChI is InChI=1S/C7H5BrF3NO/c8-4-1-12-7(11)5(6(9)10)3(4)2-13/h1,6,13H,2H2. The van der Waals surface area contributed by atoms with Crippen molar-refractivity contribution in [2.45, 2.75) is 13.0 Å². The highest BCUT2D eigenvalue weighted by Crippen LogP contribution is 2.29. The lowest BCUT2D eigenvalue weighted by Crippen LogP contribution is -2.02. The van der Waals surface area contributed by atoms with E-state index in [1.54, 1.807) is 0 Å². The normalized spacial score (nSPS) is 10.9. The van der Waals surface area contributed by atoms with Crippen molar-refractivity contribution >= 4 is 15.9 Å². The Bertz CT molecular complexity index is 319. The molecule has 1 aromatic heterocycles. The Balaban J connectivity index is 3.35. The Morgan fingerprint density at radius 2 is 2.15 bits per heavy atom. The average molecular weight is 256 g/mol. The highest BCUT2D eigenvalue weighted by Gasteiger charge is 2.21. The van der Waals surface area contributed by atoms with Crippen molar-refractivity contribution < 1.29 is 18.3 Å². The molecule has 1 rings (SSSR count). The Hall–Kier alpha value is -0.620. The molecule has 2 nitrogen and oxygen atoms in total. The molecule has 0 spiro atoms. The van der Waals surface area contributed by atoms with Crippen molar-refractivity contribution in [2.75, 3.05) is 0 Å². The first kappa shape index (κ1) is 10.5. The summed E-state index contributed by atoms with van der Waals surface area (Å²) in [5, 5.41) is 8.71. The Labute approximate surface area is 80.5 Å². The average Bonchev–Trinajstić information content (AvgIpc) is 2.07. The van der Waals surface area contributed by atoms with Crippen molar-refractivity contribution in [3.63, 3.8) is 0 Å². The van der Waals surface area contributed by atoms with Gasteiger partial charge >= 0.3 is 0 Å². The Morgan fingerprint density at radius 1 is 1.54 bits per heavy atom. The van der Waals surface area contributed by atoms with E-state index in [1.165, 1.54) is 0 Å². The van der Waals surface area contributed by atoms with Crippen molar-refractivity contribution in [2.24, 2.45) is 0 Å². The number of hydrogen-bond donors (Lipinski definition) is 1. The van der Waals surface area contributed by atoms with Gasteiger partial charge in [-0.2, -0.15) is 4.39 Å². The quantitative estimate of drug-likeness (QED) is 0.824. The number of aliphatic hydroxyl groups is 1. The van der Waals surface area contributed by atoms with Gasteiger partial charge in [0.1, 0.15) is 0 Å². The van der Waals surface area contributed by atoms with Crippen LogP contribution in [0.3, 0.4) is 0 Å². The van der Waals surface area contributed by atoms with Crippen LogP contribution < -0.4 is 0 Å². The van der Waals surface area contributed by atoms with E-state index in [-0.39, 0.29) is 10.0 Å². The van der Waals surface area contributed by atoms with Gasteiger partial charge in [0, 0.05) is 16.2 Å². The van der Waals surface area contributed by atoms with Crippen LogP contribution in [0, 0.1) is 5.95 Å². The molecule has 0 aromatic carbocycles. The minimum absolute atomic E-state index is 0.164. The third-order valence-electron chi connectivity index (χ3n) is 1.50. The summed E-state index contributed by atoms with van der Waals surface area (Å²) in [6, 6.07) is 0. The molecule has 0 fully saturated rings. The van der Waals surface area contributed by atoms with E-state index < -0.39 is 24.5 Å². The van der Waals surface area contributed by atoms with Crippen LogP contribution in [0.1, 0.15) is 17.6 Å². The fourth-order valence-corrected chi connectivity index (χ4v) is 1.34. The van der Waals surface area contributed by atoms with Crippen LogP contribution >= 0.6 is 15.9 Å². The van der Waals surface area contributed by atoms with Gasteiger partial charge in [0.05, 0.1) is 12.2 Å². The molecule has 0 aliphatic carbocycles. The lowest BCUT2D eigenvalue weighted by Gasteiger charge is -2.08. The number of hydrogen-bond acceptors (Lipinski definition) is 2. The second-order valence-electron chi connectivity index (χ2n) is 2.25. The number of pyridine rings is 1. The lowest BCUT2D eigenvalue weighted by atomic mass is 10.1. The number of nitrogens with zero attached hydrogens (tertiary/aromatic N) is 1. The van der Waals surface area contributed by atoms with Crippen LogP contribution in [-0.4, -0.2) is 10.1 Å². The zero-order valence-corrected chi connectivity index (χ0v) is 7.85. The summed E-state index contributed by atoms with van der Waals surface area (Å²) < 4.78 is 37.4. The molecule has 0 saturated heterocycles. The number of halogens is 4. The topological polar surface area (TPSA) is 33.1 Å². The van der Waals surface area contributed by atoms with E-state index in [2.05, 4.69) is 20.9 Å². The molecule has 1 aromatic rings. The fraction of sp³-hybridized carbons (Fsp3) is 0.286. The molecule has 13 heavy (non-hydrogen) atoms. The molecule has 0 unspecified atom stereocenters. The summed E-state index contributed by atoms with van der Waals surface area (Å²) in [4.78, 5) is 3.10. The maximum Gasteiger partial charge on any atom is 0.268 e. The van der Waals surface area contributed by atoms with Gasteiger partial charge in [-0.25, -0.2) is 13.8 Å². The molecule has 0 atom stereocenters. The second-order valence-corrected chi connectivity index (χ2v) is 3.10. The van der Waals surface area contributed by atoms with Gasteiger partial charge < -0.3 is 5.11 Å². The summed E-state index contributed by atoms with van der Waals surface area (Å²) in [5.41, 5.74) is -1.01. The van der Waals surface area contributed by atoms with Crippen LogP contribution in [-0.2, 0) is 6.61 Å². The molecule has 72 valence electrons. The minimum Gasteiger partial charge on any atom is -0.392 e. The lowest BCUT2D eigenvalue weighted by molar-refractivity contribution is 0.140. The van der Waals surface area contributed by atoms with E-state index in [1.807, 2.05) is 0 Å². The molecular weight excluding hydrogens is 251 g/mol. The molecule has 1 N–H and O–H groups in total. The largest absolute Gasteiger partial charge is 0.392 e. The third kappa shape index (κ3) is 2.00. The highest BCUT2D eigenvalue weighted by molar-refractivity contribution is 9.10. The van der Waals surface area contributed by atoms with E-state index in [0.717, 1.165) is 6.20 Å². The van der Waals surface area contributed by atoms with Crippen LogP contribution in [0.15, 0.2) is 10.7 Å². The molecule has 0 bridgehead atoms. The molecule has 0 aliphatic rings. The maximum atomic E-state index is 12.7. The summed E-state index contributed by atoms with van der Waals surface area (Å²) in [6.45, 7) is -0.653.